The monoisotopic (exact) mass is 588 g/mol. The van der Waals surface area contributed by atoms with Gasteiger partial charge in [0.15, 0.2) is 0 Å². The minimum Gasteiger partial charge on any atom is -0.438 e. The van der Waals surface area contributed by atoms with Crippen molar-refractivity contribution >= 4 is 60.8 Å². The molecule has 0 amide bonds. The summed E-state index contributed by atoms with van der Waals surface area (Å²) in [5.41, 5.74) is 8.21. The van der Waals surface area contributed by atoms with Crippen LogP contribution in [0.25, 0.3) is 65.9 Å². The Bertz CT molecular complexity index is 2530. The van der Waals surface area contributed by atoms with Crippen molar-refractivity contribution in [3.8, 4) is 22.3 Å². The van der Waals surface area contributed by atoms with Gasteiger partial charge in [-0.1, -0.05) is 121 Å². The third-order valence-electron chi connectivity index (χ3n) is 8.86. The van der Waals surface area contributed by atoms with Crippen molar-refractivity contribution < 1.29 is 4.42 Å². The molecule has 0 aliphatic carbocycles. The molecule has 3 nitrogen and oxygen atoms in total. The predicted octanol–water partition coefficient (Wildman–Crippen LogP) is 12.1. The van der Waals surface area contributed by atoms with E-state index in [2.05, 4.69) is 169 Å². The zero-order valence-corrected chi connectivity index (χ0v) is 25.0. The molecule has 2 heterocycles. The molecule has 0 saturated heterocycles. The zero-order valence-electron chi connectivity index (χ0n) is 25.0. The summed E-state index contributed by atoms with van der Waals surface area (Å²) in [4.78, 5) is 7.35. The average molecular weight is 589 g/mol. The van der Waals surface area contributed by atoms with Crippen molar-refractivity contribution in [2.75, 3.05) is 4.90 Å². The van der Waals surface area contributed by atoms with Crippen molar-refractivity contribution in [2.24, 2.45) is 0 Å². The van der Waals surface area contributed by atoms with Crippen LogP contribution in [-0.4, -0.2) is 4.98 Å². The number of nitrogens with zero attached hydrogens (tertiary/aromatic N) is 2. The van der Waals surface area contributed by atoms with Crippen LogP contribution in [0.2, 0.25) is 0 Å². The fourth-order valence-electron chi connectivity index (χ4n) is 6.59. The van der Waals surface area contributed by atoms with Gasteiger partial charge in [0.05, 0.1) is 0 Å². The smallest absolute Gasteiger partial charge is 0.229 e. The quantitative estimate of drug-likeness (QED) is 0.200. The van der Waals surface area contributed by atoms with Gasteiger partial charge < -0.3 is 4.42 Å². The number of fused-ring (bicyclic) bond motifs is 5. The van der Waals surface area contributed by atoms with Crippen LogP contribution in [0.15, 0.2) is 174 Å². The van der Waals surface area contributed by atoms with E-state index in [4.69, 9.17) is 9.40 Å². The van der Waals surface area contributed by atoms with Crippen molar-refractivity contribution in [1.29, 1.82) is 0 Å². The molecule has 9 aromatic rings. The van der Waals surface area contributed by atoms with E-state index >= 15 is 0 Å². The SMILES string of the molecule is c1ccc(-c2cccc(N(c3ccc(-c4cccc5ccccc45)cc3)c3ccc4c(n3)oc3cc5ccccc5cc34)c2)cc1. The molecule has 0 aliphatic rings. The molecule has 0 atom stereocenters. The molecule has 216 valence electrons. The number of hydrogen-bond donors (Lipinski definition) is 0. The van der Waals surface area contributed by atoms with E-state index in [1.807, 2.05) is 6.07 Å². The summed E-state index contributed by atoms with van der Waals surface area (Å²) in [6, 6.07) is 59.8. The lowest BCUT2D eigenvalue weighted by Crippen LogP contribution is -2.11. The second kappa shape index (κ2) is 10.8. The van der Waals surface area contributed by atoms with Crippen molar-refractivity contribution in [2.45, 2.75) is 0 Å². The van der Waals surface area contributed by atoms with Crippen LogP contribution in [0, 0.1) is 0 Å². The van der Waals surface area contributed by atoms with E-state index in [-0.39, 0.29) is 0 Å². The molecule has 3 heteroatoms. The Hall–Kier alpha value is -6.19. The summed E-state index contributed by atoms with van der Waals surface area (Å²) in [5, 5.41) is 6.90. The zero-order chi connectivity index (χ0) is 30.5. The molecule has 0 radical (unpaired) electrons. The van der Waals surface area contributed by atoms with E-state index in [1.54, 1.807) is 0 Å². The predicted molar refractivity (Wildman–Crippen MR) is 192 cm³/mol. The lowest BCUT2D eigenvalue weighted by Gasteiger charge is -2.25. The van der Waals surface area contributed by atoms with E-state index in [0.29, 0.717) is 5.71 Å². The molecule has 0 saturated carbocycles. The second-order valence-electron chi connectivity index (χ2n) is 11.6. The van der Waals surface area contributed by atoms with Gasteiger partial charge in [-0.25, -0.2) is 0 Å². The van der Waals surface area contributed by atoms with Gasteiger partial charge in [-0.2, -0.15) is 4.98 Å². The van der Waals surface area contributed by atoms with Gasteiger partial charge in [0, 0.05) is 22.1 Å². The van der Waals surface area contributed by atoms with Gasteiger partial charge in [0.25, 0.3) is 0 Å². The van der Waals surface area contributed by atoms with Crippen LogP contribution >= 0.6 is 0 Å². The lowest BCUT2D eigenvalue weighted by molar-refractivity contribution is 0.655. The van der Waals surface area contributed by atoms with Gasteiger partial charge in [-0.15, -0.1) is 0 Å². The molecule has 9 rings (SSSR count). The molecule has 0 N–H and O–H groups in total. The molecule has 46 heavy (non-hydrogen) atoms. The first-order chi connectivity index (χ1) is 22.8. The standard InChI is InChI=1S/C43H28N2O/c1-2-10-29(11-3-1)32-16-8-17-36(26-32)45(35-22-20-31(21-23-35)38-19-9-15-30-12-6-7-18-37(30)38)42-25-24-39-40-27-33-13-4-5-14-34(33)28-41(40)46-43(39)44-42/h1-28H. The summed E-state index contributed by atoms with van der Waals surface area (Å²) >= 11 is 0. The van der Waals surface area contributed by atoms with E-state index in [0.717, 1.165) is 44.5 Å². The van der Waals surface area contributed by atoms with Crippen molar-refractivity contribution in [3.63, 3.8) is 0 Å². The minimum atomic E-state index is 0.624. The molecule has 0 unspecified atom stereocenters. The second-order valence-corrected chi connectivity index (χ2v) is 11.6. The lowest BCUT2D eigenvalue weighted by atomic mass is 9.98. The number of aromatic nitrogens is 1. The number of benzene rings is 7. The van der Waals surface area contributed by atoms with Gasteiger partial charge >= 0.3 is 0 Å². The molecular formula is C43H28N2O. The van der Waals surface area contributed by atoms with E-state index in [1.165, 1.54) is 32.8 Å². The summed E-state index contributed by atoms with van der Waals surface area (Å²) in [5.74, 6) is 0.791. The first-order valence-corrected chi connectivity index (χ1v) is 15.5. The average Bonchev–Trinajstić information content (AvgIpc) is 3.48. The summed E-state index contributed by atoms with van der Waals surface area (Å²) in [6.45, 7) is 0. The fraction of sp³-hybridized carbons (Fsp3) is 0. The Kier molecular flexibility index (Phi) is 6.14. The number of anilines is 3. The van der Waals surface area contributed by atoms with Crippen LogP contribution in [0.1, 0.15) is 0 Å². The maximum Gasteiger partial charge on any atom is 0.229 e. The molecule has 2 aromatic heterocycles. The fourth-order valence-corrected chi connectivity index (χ4v) is 6.59. The minimum absolute atomic E-state index is 0.624. The first-order valence-electron chi connectivity index (χ1n) is 15.5. The molecule has 7 aromatic carbocycles. The third-order valence-corrected chi connectivity index (χ3v) is 8.86. The van der Waals surface area contributed by atoms with Crippen LogP contribution in [0.4, 0.5) is 17.2 Å². The van der Waals surface area contributed by atoms with E-state index < -0.39 is 0 Å². The topological polar surface area (TPSA) is 29.3 Å². The molecule has 0 bridgehead atoms. The third kappa shape index (κ3) is 4.49. The number of pyridine rings is 1. The molecule has 0 aliphatic heterocycles. The highest BCUT2D eigenvalue weighted by molar-refractivity contribution is 6.09. The highest BCUT2D eigenvalue weighted by atomic mass is 16.3. The van der Waals surface area contributed by atoms with Crippen molar-refractivity contribution in [1.82, 2.24) is 4.98 Å². The summed E-state index contributed by atoms with van der Waals surface area (Å²) < 4.78 is 6.40. The molecule has 0 fully saturated rings. The van der Waals surface area contributed by atoms with Gasteiger partial charge in [0.2, 0.25) is 5.71 Å². The Morgan fingerprint density at radius 3 is 1.96 bits per heavy atom. The number of rotatable bonds is 5. The van der Waals surface area contributed by atoms with Crippen LogP contribution in [0.3, 0.4) is 0 Å². The highest BCUT2D eigenvalue weighted by Crippen LogP contribution is 2.39. The highest BCUT2D eigenvalue weighted by Gasteiger charge is 2.18. The van der Waals surface area contributed by atoms with Crippen LogP contribution in [-0.2, 0) is 0 Å². The van der Waals surface area contributed by atoms with Gasteiger partial charge in [0.1, 0.15) is 11.4 Å². The number of furan rings is 1. The Morgan fingerprint density at radius 1 is 0.413 bits per heavy atom. The Balaban J connectivity index is 1.20. The van der Waals surface area contributed by atoms with Gasteiger partial charge in [-0.3, -0.25) is 4.90 Å². The summed E-state index contributed by atoms with van der Waals surface area (Å²) in [7, 11) is 0. The van der Waals surface area contributed by atoms with E-state index in [9.17, 15) is 0 Å². The first kappa shape index (κ1) is 26.2. The Labute approximate surface area is 266 Å². The number of hydrogen-bond acceptors (Lipinski definition) is 3. The largest absolute Gasteiger partial charge is 0.438 e. The van der Waals surface area contributed by atoms with Crippen LogP contribution < -0.4 is 4.90 Å². The summed E-state index contributed by atoms with van der Waals surface area (Å²) in [6.07, 6.45) is 0. The molecular weight excluding hydrogens is 560 g/mol. The Morgan fingerprint density at radius 2 is 1.11 bits per heavy atom. The normalized spacial score (nSPS) is 11.5. The van der Waals surface area contributed by atoms with Crippen LogP contribution in [0.5, 0.6) is 0 Å². The maximum absolute atomic E-state index is 6.40. The van der Waals surface area contributed by atoms with Crippen molar-refractivity contribution in [3.05, 3.63) is 170 Å². The molecule has 0 spiro atoms. The maximum atomic E-state index is 6.40. The van der Waals surface area contributed by atoms with Gasteiger partial charge in [-0.05, 0) is 92.3 Å².